The zero-order chi connectivity index (χ0) is 13.4. The summed E-state index contributed by atoms with van der Waals surface area (Å²) in [5.74, 6) is -0.872. The molecule has 0 unspecified atom stereocenters. The van der Waals surface area contributed by atoms with Gasteiger partial charge in [0.1, 0.15) is 5.56 Å². The number of hydrogen-bond acceptors (Lipinski definition) is 4. The van der Waals surface area contributed by atoms with E-state index in [1.54, 1.807) is 0 Å². The molecule has 0 amide bonds. The van der Waals surface area contributed by atoms with Gasteiger partial charge in [-0.15, -0.1) is 0 Å². The molecule has 3 heterocycles. The molecule has 0 bridgehead atoms. The lowest BCUT2D eigenvalue weighted by Gasteiger charge is -2.21. The fourth-order valence-electron chi connectivity index (χ4n) is 2.48. The van der Waals surface area contributed by atoms with Crippen LogP contribution in [0.5, 0.6) is 0 Å². The van der Waals surface area contributed by atoms with Crippen molar-refractivity contribution in [2.24, 2.45) is 0 Å². The number of aromatic nitrogens is 3. The van der Waals surface area contributed by atoms with E-state index in [2.05, 4.69) is 15.4 Å². The molecule has 0 atom stereocenters. The van der Waals surface area contributed by atoms with Crippen molar-refractivity contribution in [1.82, 2.24) is 19.9 Å². The molecular formula is C12H14N4O3. The molecule has 0 saturated carbocycles. The van der Waals surface area contributed by atoms with Crippen molar-refractivity contribution >= 4 is 11.6 Å². The highest BCUT2D eigenvalue weighted by Gasteiger charge is 2.20. The molecule has 1 fully saturated rings. The van der Waals surface area contributed by atoms with Crippen LogP contribution >= 0.6 is 0 Å². The quantitative estimate of drug-likeness (QED) is 0.717. The second-order valence-electron chi connectivity index (χ2n) is 4.69. The van der Waals surface area contributed by atoms with Crippen LogP contribution in [0.15, 0.2) is 17.1 Å². The van der Waals surface area contributed by atoms with Gasteiger partial charge in [-0.25, -0.2) is 14.3 Å². The van der Waals surface area contributed by atoms with Crippen LogP contribution in [0.4, 0.5) is 0 Å². The summed E-state index contributed by atoms with van der Waals surface area (Å²) < 4.78 is 1.16. The molecule has 2 aromatic heterocycles. The maximum Gasteiger partial charge on any atom is 0.341 e. The SMILES string of the molecule is O=C(O)c1c[nH]n2c(=O)cc(C3CCNCC3)nc12. The van der Waals surface area contributed by atoms with Crippen LogP contribution in [0.3, 0.4) is 0 Å². The second-order valence-corrected chi connectivity index (χ2v) is 4.69. The number of piperidine rings is 1. The molecular weight excluding hydrogens is 248 g/mol. The molecule has 19 heavy (non-hydrogen) atoms. The van der Waals surface area contributed by atoms with Crippen LogP contribution < -0.4 is 10.9 Å². The summed E-state index contributed by atoms with van der Waals surface area (Å²) >= 11 is 0. The average Bonchev–Trinajstić information content (AvgIpc) is 2.84. The number of nitrogens with zero attached hydrogens (tertiary/aromatic N) is 2. The highest BCUT2D eigenvalue weighted by molar-refractivity contribution is 5.94. The van der Waals surface area contributed by atoms with Gasteiger partial charge in [-0.2, -0.15) is 0 Å². The minimum absolute atomic E-state index is 0.0212. The topological polar surface area (TPSA) is 99.5 Å². The number of carbonyl (C=O) groups is 1. The lowest BCUT2D eigenvalue weighted by Crippen LogP contribution is -2.28. The van der Waals surface area contributed by atoms with Gasteiger partial charge in [0.05, 0.1) is 5.69 Å². The molecule has 7 nitrogen and oxygen atoms in total. The van der Waals surface area contributed by atoms with Crippen LogP contribution in [-0.2, 0) is 0 Å². The molecule has 7 heteroatoms. The number of aromatic carboxylic acids is 1. The normalized spacial score (nSPS) is 16.8. The van der Waals surface area contributed by atoms with E-state index in [1.165, 1.54) is 12.3 Å². The second kappa shape index (κ2) is 4.51. The van der Waals surface area contributed by atoms with Crippen LogP contribution in [0.2, 0.25) is 0 Å². The first-order chi connectivity index (χ1) is 9.16. The number of aromatic amines is 1. The number of hydrogen-bond donors (Lipinski definition) is 3. The zero-order valence-corrected chi connectivity index (χ0v) is 10.2. The number of nitrogens with one attached hydrogen (secondary N) is 2. The van der Waals surface area contributed by atoms with Crippen LogP contribution in [-0.4, -0.2) is 38.8 Å². The minimum atomic E-state index is -1.09. The Hall–Kier alpha value is -2.15. The first kappa shape index (κ1) is 11.9. The monoisotopic (exact) mass is 262 g/mol. The third-order valence-corrected chi connectivity index (χ3v) is 3.51. The fourth-order valence-corrected chi connectivity index (χ4v) is 2.48. The summed E-state index contributed by atoms with van der Waals surface area (Å²) in [6.07, 6.45) is 3.11. The van der Waals surface area contributed by atoms with Crippen molar-refractivity contribution < 1.29 is 9.90 Å². The van der Waals surface area contributed by atoms with Crippen molar-refractivity contribution in [2.75, 3.05) is 13.1 Å². The number of carboxylic acids is 1. The highest BCUT2D eigenvalue weighted by atomic mass is 16.4. The van der Waals surface area contributed by atoms with Crippen LogP contribution in [0.1, 0.15) is 34.8 Å². The molecule has 3 rings (SSSR count). The standard InChI is InChI=1S/C12H14N4O3/c17-10-5-9(7-1-3-13-4-2-7)15-11-8(12(18)19)6-14-16(10)11/h5-7,13-14H,1-4H2,(H,18,19). The third kappa shape index (κ3) is 2.01. The summed E-state index contributed by atoms with van der Waals surface area (Å²) in [6.45, 7) is 1.79. The van der Waals surface area contributed by atoms with Crippen molar-refractivity contribution in [3.05, 3.63) is 33.9 Å². The van der Waals surface area contributed by atoms with Gasteiger partial charge in [0, 0.05) is 18.2 Å². The van der Waals surface area contributed by atoms with Crippen LogP contribution in [0.25, 0.3) is 5.65 Å². The lowest BCUT2D eigenvalue weighted by atomic mass is 9.94. The number of fused-ring (bicyclic) bond motifs is 1. The van der Waals surface area contributed by atoms with E-state index in [4.69, 9.17) is 5.11 Å². The molecule has 0 aromatic carbocycles. The summed E-state index contributed by atoms with van der Waals surface area (Å²) in [7, 11) is 0. The Kier molecular flexibility index (Phi) is 2.83. The van der Waals surface area contributed by atoms with Gasteiger partial charge >= 0.3 is 5.97 Å². The van der Waals surface area contributed by atoms with Crippen molar-refractivity contribution in [3.63, 3.8) is 0 Å². The molecule has 1 aliphatic heterocycles. The Morgan fingerprint density at radius 1 is 1.42 bits per heavy atom. The van der Waals surface area contributed by atoms with Gasteiger partial charge in [0.25, 0.3) is 5.56 Å². The predicted octanol–water partition coefficient (Wildman–Crippen LogP) is 0.188. The summed E-state index contributed by atoms with van der Waals surface area (Å²) in [6, 6.07) is 1.49. The molecule has 0 spiro atoms. The van der Waals surface area contributed by atoms with E-state index in [9.17, 15) is 9.59 Å². The highest BCUT2D eigenvalue weighted by Crippen LogP contribution is 2.23. The van der Waals surface area contributed by atoms with Gasteiger partial charge in [0.2, 0.25) is 0 Å². The Labute approximate surface area is 108 Å². The van der Waals surface area contributed by atoms with Gasteiger partial charge in [0.15, 0.2) is 5.65 Å². The Balaban J connectivity index is 2.13. The van der Waals surface area contributed by atoms with E-state index < -0.39 is 5.97 Å². The molecule has 2 aromatic rings. The summed E-state index contributed by atoms with van der Waals surface area (Å²) in [4.78, 5) is 27.4. The van der Waals surface area contributed by atoms with Crippen molar-refractivity contribution in [3.8, 4) is 0 Å². The molecule has 0 aliphatic carbocycles. The molecule has 3 N–H and O–H groups in total. The number of H-pyrrole nitrogens is 1. The fraction of sp³-hybridized carbons (Fsp3) is 0.417. The molecule has 1 aliphatic rings. The Bertz CT molecular complexity index is 682. The number of carboxylic acid groups (broad SMARTS) is 1. The molecule has 1 saturated heterocycles. The van der Waals surface area contributed by atoms with Gasteiger partial charge < -0.3 is 10.4 Å². The zero-order valence-electron chi connectivity index (χ0n) is 10.2. The third-order valence-electron chi connectivity index (χ3n) is 3.51. The smallest absolute Gasteiger partial charge is 0.341 e. The Morgan fingerprint density at radius 2 is 2.16 bits per heavy atom. The minimum Gasteiger partial charge on any atom is -0.477 e. The van der Waals surface area contributed by atoms with Crippen molar-refractivity contribution in [2.45, 2.75) is 18.8 Å². The first-order valence-electron chi connectivity index (χ1n) is 6.22. The number of rotatable bonds is 2. The van der Waals surface area contributed by atoms with E-state index in [1.807, 2.05) is 0 Å². The van der Waals surface area contributed by atoms with Gasteiger partial charge in [-0.3, -0.25) is 9.89 Å². The molecule has 100 valence electrons. The maximum atomic E-state index is 12.0. The van der Waals surface area contributed by atoms with Gasteiger partial charge in [-0.05, 0) is 25.9 Å². The molecule has 0 radical (unpaired) electrons. The first-order valence-corrected chi connectivity index (χ1v) is 6.22. The van der Waals surface area contributed by atoms with Crippen molar-refractivity contribution in [1.29, 1.82) is 0 Å². The van der Waals surface area contributed by atoms with E-state index in [-0.39, 0.29) is 22.7 Å². The summed E-state index contributed by atoms with van der Waals surface area (Å²) in [5.41, 5.74) is 0.626. The summed E-state index contributed by atoms with van der Waals surface area (Å²) in [5, 5.41) is 14.9. The maximum absolute atomic E-state index is 12.0. The average molecular weight is 262 g/mol. The van der Waals surface area contributed by atoms with E-state index >= 15 is 0 Å². The Morgan fingerprint density at radius 3 is 2.84 bits per heavy atom. The lowest BCUT2D eigenvalue weighted by molar-refractivity contribution is 0.0698. The largest absolute Gasteiger partial charge is 0.477 e. The predicted molar refractivity (Wildman–Crippen MR) is 67.6 cm³/mol. The van der Waals surface area contributed by atoms with Gasteiger partial charge in [-0.1, -0.05) is 0 Å². The van der Waals surface area contributed by atoms with Crippen LogP contribution in [0, 0.1) is 0 Å². The van der Waals surface area contributed by atoms with E-state index in [0.717, 1.165) is 30.4 Å². The van der Waals surface area contributed by atoms with E-state index in [0.29, 0.717) is 5.69 Å².